The van der Waals surface area contributed by atoms with Gasteiger partial charge in [0.15, 0.2) is 6.61 Å². The fourth-order valence-electron chi connectivity index (χ4n) is 2.71. The molecule has 1 amide bonds. The summed E-state index contributed by atoms with van der Waals surface area (Å²) in [5.74, 6) is -0.363. The number of ether oxygens (including phenoxy) is 1. The minimum Gasteiger partial charge on any atom is -0.507 e. The molecule has 0 radical (unpaired) electrons. The number of phenols is 1. The highest BCUT2D eigenvalue weighted by Crippen LogP contribution is 2.24. The molecule has 0 aliphatic heterocycles. The molecule has 1 saturated carbocycles. The molecule has 1 aromatic carbocycles. The van der Waals surface area contributed by atoms with Gasteiger partial charge in [0.25, 0.3) is 5.91 Å². The Bertz CT molecular complexity index is 548. The lowest BCUT2D eigenvalue weighted by Gasteiger charge is -2.26. The number of esters is 1. The predicted octanol–water partition coefficient (Wildman–Crippen LogP) is 2.55. The van der Waals surface area contributed by atoms with Crippen LogP contribution in [-0.2, 0) is 9.53 Å². The highest BCUT2D eigenvalue weighted by atomic mass is 16.5. The summed E-state index contributed by atoms with van der Waals surface area (Å²) >= 11 is 0. The van der Waals surface area contributed by atoms with Crippen molar-refractivity contribution in [2.24, 2.45) is 5.92 Å². The van der Waals surface area contributed by atoms with Gasteiger partial charge in [0.05, 0.1) is 0 Å². The van der Waals surface area contributed by atoms with E-state index >= 15 is 0 Å². The van der Waals surface area contributed by atoms with Crippen LogP contribution < -0.4 is 5.32 Å². The van der Waals surface area contributed by atoms with E-state index in [0.29, 0.717) is 5.56 Å². The van der Waals surface area contributed by atoms with Crippen molar-refractivity contribution in [3.63, 3.8) is 0 Å². The Kier molecular flexibility index (Phi) is 5.41. The summed E-state index contributed by atoms with van der Waals surface area (Å²) in [6.45, 7) is 3.59. The highest BCUT2D eigenvalue weighted by Gasteiger charge is 2.21. The maximum Gasteiger partial charge on any atom is 0.342 e. The lowest BCUT2D eigenvalue weighted by atomic mass is 9.87. The van der Waals surface area contributed by atoms with Gasteiger partial charge < -0.3 is 15.2 Å². The second kappa shape index (κ2) is 7.29. The van der Waals surface area contributed by atoms with Gasteiger partial charge in [-0.05, 0) is 50.2 Å². The van der Waals surface area contributed by atoms with Crippen molar-refractivity contribution in [3.8, 4) is 5.75 Å². The maximum atomic E-state index is 11.9. The van der Waals surface area contributed by atoms with Crippen LogP contribution in [0.15, 0.2) is 18.2 Å². The molecule has 0 heterocycles. The average Bonchev–Trinajstić information content (AvgIpc) is 2.50. The van der Waals surface area contributed by atoms with Crippen LogP contribution in [0.5, 0.6) is 5.75 Å². The number of carbonyl (C=O) groups excluding carboxylic acids is 2. The molecule has 2 N–H and O–H groups in total. The zero-order valence-corrected chi connectivity index (χ0v) is 13.1. The minimum absolute atomic E-state index is 0.0827. The van der Waals surface area contributed by atoms with E-state index in [-0.39, 0.29) is 29.9 Å². The van der Waals surface area contributed by atoms with Gasteiger partial charge in [0, 0.05) is 6.04 Å². The van der Waals surface area contributed by atoms with E-state index in [1.807, 2.05) is 0 Å². The fraction of sp³-hybridized carbons (Fsp3) is 0.529. The first-order valence-electron chi connectivity index (χ1n) is 7.72. The summed E-state index contributed by atoms with van der Waals surface area (Å²) in [5.41, 5.74) is 0.675. The van der Waals surface area contributed by atoms with Crippen LogP contribution in [0, 0.1) is 12.8 Å². The molecule has 0 aromatic heterocycles. The van der Waals surface area contributed by atoms with Crippen molar-refractivity contribution in [3.05, 3.63) is 29.3 Å². The van der Waals surface area contributed by atoms with E-state index in [1.54, 1.807) is 19.1 Å². The quantitative estimate of drug-likeness (QED) is 0.838. The van der Waals surface area contributed by atoms with Crippen molar-refractivity contribution < 1.29 is 19.4 Å². The van der Waals surface area contributed by atoms with E-state index in [0.717, 1.165) is 31.6 Å². The Balaban J connectivity index is 1.81. The van der Waals surface area contributed by atoms with Crippen LogP contribution in [0.1, 0.15) is 48.5 Å². The summed E-state index contributed by atoms with van der Waals surface area (Å²) in [7, 11) is 0. The normalized spacial score (nSPS) is 21.2. The second-order valence-electron chi connectivity index (χ2n) is 6.07. The largest absolute Gasteiger partial charge is 0.507 e. The van der Waals surface area contributed by atoms with E-state index in [4.69, 9.17) is 4.74 Å². The number of phenolic OH excluding ortho intramolecular Hbond substituents is 1. The van der Waals surface area contributed by atoms with E-state index in [1.165, 1.54) is 6.07 Å². The molecule has 2 rings (SSSR count). The number of amides is 1. The average molecular weight is 305 g/mol. The lowest BCUT2D eigenvalue weighted by molar-refractivity contribution is -0.125. The van der Waals surface area contributed by atoms with Crippen LogP contribution >= 0.6 is 0 Å². The number of hydrogen-bond donors (Lipinski definition) is 2. The Morgan fingerprint density at radius 1 is 1.27 bits per heavy atom. The molecule has 0 saturated heterocycles. The van der Waals surface area contributed by atoms with Gasteiger partial charge in [-0.25, -0.2) is 4.79 Å². The fourth-order valence-corrected chi connectivity index (χ4v) is 2.71. The number of carbonyl (C=O) groups is 2. The minimum atomic E-state index is -0.686. The molecule has 0 spiro atoms. The Morgan fingerprint density at radius 3 is 2.64 bits per heavy atom. The first-order chi connectivity index (χ1) is 10.5. The van der Waals surface area contributed by atoms with Gasteiger partial charge in [0.2, 0.25) is 0 Å². The summed E-state index contributed by atoms with van der Waals surface area (Å²) in [4.78, 5) is 23.7. The predicted molar refractivity (Wildman–Crippen MR) is 82.7 cm³/mol. The molecule has 1 aliphatic rings. The van der Waals surface area contributed by atoms with Crippen molar-refractivity contribution >= 4 is 11.9 Å². The van der Waals surface area contributed by atoms with E-state index < -0.39 is 5.97 Å². The second-order valence-corrected chi connectivity index (χ2v) is 6.07. The van der Waals surface area contributed by atoms with E-state index in [9.17, 15) is 14.7 Å². The SMILES string of the molecule is Cc1cccc(C(=O)OCC(=O)NC2CCC(C)CC2)c1O. The van der Waals surface area contributed by atoms with Crippen LogP contribution in [0.4, 0.5) is 0 Å². The molecule has 1 fully saturated rings. The highest BCUT2D eigenvalue weighted by molar-refractivity contribution is 5.94. The van der Waals surface area contributed by atoms with Gasteiger partial charge >= 0.3 is 5.97 Å². The van der Waals surface area contributed by atoms with Gasteiger partial charge in [-0.3, -0.25) is 4.79 Å². The zero-order chi connectivity index (χ0) is 16.1. The molecule has 1 aliphatic carbocycles. The Morgan fingerprint density at radius 2 is 1.95 bits per heavy atom. The first kappa shape index (κ1) is 16.3. The van der Waals surface area contributed by atoms with Crippen LogP contribution in [0.2, 0.25) is 0 Å². The molecule has 1 aromatic rings. The van der Waals surface area contributed by atoms with Gasteiger partial charge in [-0.1, -0.05) is 19.1 Å². The van der Waals surface area contributed by atoms with Gasteiger partial charge in [0.1, 0.15) is 11.3 Å². The number of hydrogen-bond acceptors (Lipinski definition) is 4. The molecular formula is C17H23NO4. The summed E-state index contributed by atoms with van der Waals surface area (Å²) < 4.78 is 4.98. The van der Waals surface area contributed by atoms with Crippen LogP contribution in [0.3, 0.4) is 0 Å². The number of rotatable bonds is 4. The lowest BCUT2D eigenvalue weighted by Crippen LogP contribution is -2.39. The van der Waals surface area contributed by atoms with Crippen molar-refractivity contribution in [2.45, 2.75) is 45.6 Å². The molecule has 0 unspecified atom stereocenters. The number of nitrogens with one attached hydrogen (secondary N) is 1. The molecular weight excluding hydrogens is 282 g/mol. The van der Waals surface area contributed by atoms with Crippen molar-refractivity contribution in [1.29, 1.82) is 0 Å². The molecule has 5 heteroatoms. The summed E-state index contributed by atoms with van der Waals surface area (Å²) in [5, 5.41) is 12.7. The standard InChI is InChI=1S/C17H23NO4/c1-11-6-8-13(9-7-11)18-15(19)10-22-17(21)14-5-3-4-12(2)16(14)20/h3-5,11,13,20H,6-10H2,1-2H3,(H,18,19). The monoisotopic (exact) mass is 305 g/mol. The molecule has 0 atom stereocenters. The van der Waals surface area contributed by atoms with E-state index in [2.05, 4.69) is 12.2 Å². The Hall–Kier alpha value is -2.04. The smallest absolute Gasteiger partial charge is 0.342 e. The van der Waals surface area contributed by atoms with Crippen LogP contribution in [-0.4, -0.2) is 29.6 Å². The Labute approximate surface area is 130 Å². The van der Waals surface area contributed by atoms with Crippen LogP contribution in [0.25, 0.3) is 0 Å². The molecule has 120 valence electrons. The third-order valence-corrected chi connectivity index (χ3v) is 4.17. The van der Waals surface area contributed by atoms with Gasteiger partial charge in [-0.15, -0.1) is 0 Å². The topological polar surface area (TPSA) is 75.6 Å². The number of aryl methyl sites for hydroxylation is 1. The first-order valence-corrected chi connectivity index (χ1v) is 7.72. The third-order valence-electron chi connectivity index (χ3n) is 4.17. The van der Waals surface area contributed by atoms with Crippen molar-refractivity contribution in [2.75, 3.05) is 6.61 Å². The molecule has 0 bridgehead atoms. The van der Waals surface area contributed by atoms with Crippen molar-refractivity contribution in [1.82, 2.24) is 5.32 Å². The third kappa shape index (κ3) is 4.23. The zero-order valence-electron chi connectivity index (χ0n) is 13.1. The number of aromatic hydroxyl groups is 1. The summed E-state index contributed by atoms with van der Waals surface area (Å²) in [6.07, 6.45) is 4.17. The number of benzene rings is 1. The molecule has 5 nitrogen and oxygen atoms in total. The molecule has 22 heavy (non-hydrogen) atoms. The number of para-hydroxylation sites is 1. The summed E-state index contributed by atoms with van der Waals surface area (Å²) in [6, 6.07) is 5.01. The van der Waals surface area contributed by atoms with Gasteiger partial charge in [-0.2, -0.15) is 0 Å². The maximum absolute atomic E-state index is 11.9.